The largest absolute Gasteiger partial charge is 0.474 e. The van der Waals surface area contributed by atoms with E-state index in [1.165, 1.54) is 45.9 Å². The molecule has 3 amide bonds. The van der Waals surface area contributed by atoms with Crippen molar-refractivity contribution in [1.29, 1.82) is 0 Å². The number of fused-ring (bicyclic) bond motifs is 8. The fourth-order valence-electron chi connectivity index (χ4n) is 13.1. The quantitative estimate of drug-likeness (QED) is 0.0555. The number of Topliss-reactive ketones (excluding diaryl/α,β-unsaturated/α-hetero) is 3. The molecule has 4 unspecified atom stereocenters. The Balaban J connectivity index is 0.000000143. The van der Waals surface area contributed by atoms with Gasteiger partial charge in [0.15, 0.2) is 64.1 Å². The maximum Gasteiger partial charge on any atom is 0.276 e. The molecule has 3 aromatic heterocycles. The van der Waals surface area contributed by atoms with Crippen LogP contribution in [0.4, 0.5) is 26.3 Å². The third kappa shape index (κ3) is 13.0. The van der Waals surface area contributed by atoms with E-state index >= 15 is 0 Å². The predicted molar refractivity (Wildman–Crippen MR) is 330 cm³/mol. The zero-order valence-corrected chi connectivity index (χ0v) is 53.5. The Labute approximate surface area is 533 Å². The number of pyridine rings is 3. The third-order valence-electron chi connectivity index (χ3n) is 17.8. The van der Waals surface area contributed by atoms with Gasteiger partial charge in [-0.2, -0.15) is 0 Å². The number of hydrogen-bond acceptors (Lipinski definition) is 15. The smallest absolute Gasteiger partial charge is 0.276 e. The van der Waals surface area contributed by atoms with Crippen LogP contribution < -0.4 is 29.9 Å². The lowest BCUT2D eigenvalue weighted by Gasteiger charge is -2.44. The van der Waals surface area contributed by atoms with Crippen LogP contribution in [0.1, 0.15) is 132 Å². The molecule has 490 valence electrons. The number of ketones is 3. The fourth-order valence-corrected chi connectivity index (χ4v) is 13.7. The van der Waals surface area contributed by atoms with Crippen LogP contribution in [0.15, 0.2) is 87.6 Å². The lowest BCUT2D eigenvalue weighted by molar-refractivity contribution is -0.112. The van der Waals surface area contributed by atoms with Gasteiger partial charge in [-0.05, 0) is 87.3 Å². The van der Waals surface area contributed by atoms with E-state index in [9.17, 15) is 69.5 Å². The van der Waals surface area contributed by atoms with Gasteiger partial charge in [0.05, 0.1) is 84.0 Å². The SMILES string of the molecule is C[C@@H]1CCOC2Cn3cc(C(=O)CCc4ccc(F)cc4F)c(=O)c(OP)c3C(=O)N21.C[C@H]1CO[C@@H]2Cn3cc(C(=O)CCc4ccc(F)cc4F)c(=O)c(OP)c3C(=O)N12.O=C(CCc1ccc(F)cc1F)c1cn2c(c(OP)c1=O)C(=O)N1C[C@H]3CCCN3[C@@H]1C2. The van der Waals surface area contributed by atoms with Gasteiger partial charge in [-0.15, -0.1) is 0 Å². The lowest BCUT2D eigenvalue weighted by Crippen LogP contribution is -2.57. The molecular formula is C63H62F6N7O14P3. The Bertz CT molecular complexity index is 4250. The van der Waals surface area contributed by atoms with Crippen molar-refractivity contribution in [1.82, 2.24) is 33.3 Å². The van der Waals surface area contributed by atoms with Crippen molar-refractivity contribution >= 4 is 63.5 Å². The molecule has 30 heteroatoms. The molecule has 10 heterocycles. The van der Waals surface area contributed by atoms with Crippen LogP contribution in [-0.4, -0.2) is 131 Å². The third-order valence-corrected chi connectivity index (χ3v) is 18.5. The summed E-state index contributed by atoms with van der Waals surface area (Å²) in [6, 6.07) is 9.53. The van der Waals surface area contributed by atoms with Gasteiger partial charge in [0.2, 0.25) is 16.3 Å². The van der Waals surface area contributed by atoms with E-state index in [2.05, 4.69) is 4.90 Å². The first-order valence-corrected chi connectivity index (χ1v) is 31.2. The minimum Gasteiger partial charge on any atom is -0.474 e. The van der Waals surface area contributed by atoms with Crippen LogP contribution >= 0.6 is 28.4 Å². The topological polar surface area (TPSA) is 228 Å². The normalized spacial score (nSPS) is 20.8. The van der Waals surface area contributed by atoms with Gasteiger partial charge >= 0.3 is 0 Å². The van der Waals surface area contributed by atoms with E-state index in [4.69, 9.17) is 23.0 Å². The molecule has 4 fully saturated rings. The highest BCUT2D eigenvalue weighted by atomic mass is 31.0. The first-order valence-electron chi connectivity index (χ1n) is 29.8. The number of benzene rings is 3. The first-order chi connectivity index (χ1) is 44.5. The standard InChI is InChI=1S/C22H22F2N3O4P.C21H21F2N2O5P.C20H19F2N2O5P/c23-13-5-3-12(16(24)8-13)4-6-17(28)15-10-25-11-18-26-7-1-2-14(26)9-27(18)22(30)19(25)21(31-32)20(15)29;1-11-6-7-29-17-10-24-9-14(19(27)20(30-31)18(24)21(28)25(11)17)16(26)5-3-12-2-4-13(22)8-15(12)23;1-10-9-28-16-8-23-7-13(18(26)19(29-30)17(23)20(27)24(10)16)15(25)5-3-11-2-4-12(21)6-14(11)22/h3,5,8,10,14,18H,1-2,4,6-7,9,11,32H2;2,4,8-9,11,17H,3,5-7,10,31H2,1H3;2,4,6-7,10,16H,3,5,8-9,30H2,1H3/t14-,18+;11-,17?;10-,16+/m110/s1. The van der Waals surface area contributed by atoms with Gasteiger partial charge in [0.1, 0.15) is 41.1 Å². The van der Waals surface area contributed by atoms with Gasteiger partial charge in [-0.3, -0.25) is 48.1 Å². The average Bonchev–Trinajstić information content (AvgIpc) is 1.74. The Morgan fingerprint density at radius 2 is 0.914 bits per heavy atom. The van der Waals surface area contributed by atoms with Crippen LogP contribution in [0.2, 0.25) is 0 Å². The number of aromatic nitrogens is 3. The molecule has 6 aromatic rings. The molecule has 9 atom stereocenters. The molecule has 0 spiro atoms. The lowest BCUT2D eigenvalue weighted by atomic mass is 10.0. The molecule has 0 aliphatic carbocycles. The highest BCUT2D eigenvalue weighted by molar-refractivity contribution is 7.10. The highest BCUT2D eigenvalue weighted by Crippen LogP contribution is 2.37. The molecule has 7 aliphatic heterocycles. The summed E-state index contributed by atoms with van der Waals surface area (Å²) in [6.45, 7) is 7.11. The summed E-state index contributed by atoms with van der Waals surface area (Å²) < 4.78 is 112. The van der Waals surface area contributed by atoms with Crippen LogP contribution in [0.3, 0.4) is 0 Å². The van der Waals surface area contributed by atoms with E-state index in [1.807, 2.05) is 42.2 Å². The van der Waals surface area contributed by atoms with Crippen molar-refractivity contribution in [2.45, 2.75) is 128 Å². The van der Waals surface area contributed by atoms with Crippen molar-refractivity contribution in [2.75, 3.05) is 26.3 Å². The number of aryl methyl sites for hydroxylation is 3. The Morgan fingerprint density at radius 1 is 0.516 bits per heavy atom. The summed E-state index contributed by atoms with van der Waals surface area (Å²) >= 11 is 0. The van der Waals surface area contributed by atoms with E-state index in [-0.39, 0.29) is 143 Å². The second-order valence-corrected chi connectivity index (χ2v) is 24.1. The molecule has 3 aromatic carbocycles. The zero-order valence-electron chi connectivity index (χ0n) is 50.1. The number of amides is 3. The fraction of sp³-hybridized carbons (Fsp3) is 0.381. The van der Waals surface area contributed by atoms with Crippen LogP contribution in [0.25, 0.3) is 0 Å². The molecule has 0 radical (unpaired) electrons. The van der Waals surface area contributed by atoms with E-state index in [0.717, 1.165) is 55.8 Å². The van der Waals surface area contributed by atoms with Crippen molar-refractivity contribution < 1.29 is 78.2 Å². The highest BCUT2D eigenvalue weighted by Gasteiger charge is 2.49. The van der Waals surface area contributed by atoms with Crippen molar-refractivity contribution in [3.05, 3.63) is 189 Å². The minimum absolute atomic E-state index is 0.000831. The molecule has 93 heavy (non-hydrogen) atoms. The summed E-state index contributed by atoms with van der Waals surface area (Å²) in [7, 11) is 5.86. The molecule has 0 bridgehead atoms. The molecular weight excluding hydrogens is 1290 g/mol. The van der Waals surface area contributed by atoms with E-state index in [1.54, 1.807) is 19.3 Å². The first kappa shape index (κ1) is 66.5. The van der Waals surface area contributed by atoms with Gasteiger partial charge in [0, 0.05) is 81.2 Å². The minimum atomic E-state index is -0.753. The van der Waals surface area contributed by atoms with Crippen molar-refractivity contribution in [3.63, 3.8) is 0 Å². The maximum absolute atomic E-state index is 13.9. The molecule has 21 nitrogen and oxygen atoms in total. The number of ether oxygens (including phenoxy) is 2. The summed E-state index contributed by atoms with van der Waals surface area (Å²) in [5.74, 6) is -7.62. The molecule has 13 rings (SSSR count). The van der Waals surface area contributed by atoms with Crippen molar-refractivity contribution in [2.24, 2.45) is 0 Å². The van der Waals surface area contributed by atoms with Gasteiger partial charge in [0.25, 0.3) is 17.7 Å². The number of carbonyl (C=O) groups excluding carboxylic acids is 6. The van der Waals surface area contributed by atoms with Crippen LogP contribution in [-0.2, 0) is 48.4 Å². The second kappa shape index (κ2) is 27.6. The molecule has 0 saturated carbocycles. The average molecular weight is 1350 g/mol. The summed E-state index contributed by atoms with van der Waals surface area (Å²) in [5.41, 5.74) is -1.70. The number of halogens is 6. The summed E-state index contributed by atoms with van der Waals surface area (Å²) in [5, 5.41) is 0. The second-order valence-electron chi connectivity index (χ2n) is 23.4. The summed E-state index contributed by atoms with van der Waals surface area (Å²) in [6.07, 6.45) is 5.35. The van der Waals surface area contributed by atoms with Crippen LogP contribution in [0, 0.1) is 34.9 Å². The number of carbonyl (C=O) groups is 6. The van der Waals surface area contributed by atoms with E-state index in [0.29, 0.717) is 38.8 Å². The number of nitrogens with zero attached hydrogens (tertiary/aromatic N) is 7. The van der Waals surface area contributed by atoms with Crippen molar-refractivity contribution in [3.8, 4) is 17.2 Å². The van der Waals surface area contributed by atoms with Gasteiger partial charge < -0.3 is 51.4 Å². The molecule has 0 N–H and O–H groups in total. The zero-order chi connectivity index (χ0) is 66.4. The Morgan fingerprint density at radius 3 is 1.33 bits per heavy atom. The van der Waals surface area contributed by atoms with Gasteiger partial charge in [-0.1, -0.05) is 18.2 Å². The maximum atomic E-state index is 13.9. The predicted octanol–water partition coefficient (Wildman–Crippen LogP) is 7.38. The summed E-state index contributed by atoms with van der Waals surface area (Å²) in [4.78, 5) is 124. The number of hydrogen-bond donors (Lipinski definition) is 0. The van der Waals surface area contributed by atoms with Gasteiger partial charge in [-0.25, -0.2) is 26.3 Å². The van der Waals surface area contributed by atoms with E-state index < -0.39 is 92.8 Å². The molecule has 7 aliphatic rings. The Hall–Kier alpha value is -7.92. The van der Waals surface area contributed by atoms with Crippen LogP contribution in [0.5, 0.6) is 17.2 Å². The monoisotopic (exact) mass is 1350 g/mol. The Kier molecular flexibility index (Phi) is 19.7. The molecule has 4 saturated heterocycles. The number of rotatable bonds is 15.